The number of rotatable bonds is 3. The van der Waals surface area contributed by atoms with Crippen molar-refractivity contribution in [3.8, 4) is 0 Å². The topological polar surface area (TPSA) is 29.3 Å². The fourth-order valence-corrected chi connectivity index (χ4v) is 3.18. The number of benzene rings is 2. The second-order valence-electron chi connectivity index (χ2n) is 5.44. The molecule has 0 amide bonds. The molecule has 0 aliphatic carbocycles. The summed E-state index contributed by atoms with van der Waals surface area (Å²) in [6.45, 7) is 3.02. The van der Waals surface area contributed by atoms with E-state index in [2.05, 4.69) is 35.2 Å². The lowest BCUT2D eigenvalue weighted by Gasteiger charge is -2.18. The Morgan fingerprint density at radius 1 is 1.10 bits per heavy atom. The number of nitrogens with two attached hydrogens (primary N) is 1. The Kier molecular flexibility index (Phi) is 3.95. The third-order valence-corrected chi connectivity index (χ3v) is 4.43. The highest BCUT2D eigenvalue weighted by molar-refractivity contribution is 6.31. The Hall–Kier alpha value is -1.51. The van der Waals surface area contributed by atoms with Gasteiger partial charge in [0.1, 0.15) is 0 Å². The Morgan fingerprint density at radius 2 is 1.90 bits per heavy atom. The smallest absolute Gasteiger partial charge is 0.0471 e. The molecule has 3 rings (SSSR count). The Morgan fingerprint density at radius 3 is 2.65 bits per heavy atom. The van der Waals surface area contributed by atoms with E-state index in [1.807, 2.05) is 18.2 Å². The third kappa shape index (κ3) is 2.82. The van der Waals surface area contributed by atoms with Crippen molar-refractivity contribution in [3.63, 3.8) is 0 Å². The first-order chi connectivity index (χ1) is 9.74. The molecule has 0 radical (unpaired) electrons. The van der Waals surface area contributed by atoms with Gasteiger partial charge in [-0.3, -0.25) is 4.90 Å². The molecule has 3 heteroatoms. The van der Waals surface area contributed by atoms with Gasteiger partial charge in [0, 0.05) is 29.4 Å². The molecule has 1 aliphatic rings. The summed E-state index contributed by atoms with van der Waals surface area (Å²) in [6, 6.07) is 16.5. The summed E-state index contributed by atoms with van der Waals surface area (Å²) in [4.78, 5) is 2.44. The second kappa shape index (κ2) is 5.86. The van der Waals surface area contributed by atoms with Crippen molar-refractivity contribution in [2.45, 2.75) is 18.9 Å². The number of hydrogen-bond donors (Lipinski definition) is 1. The molecule has 2 N–H and O–H groups in total. The number of nitrogens with zero attached hydrogens (tertiary/aromatic N) is 1. The van der Waals surface area contributed by atoms with Gasteiger partial charge in [0.05, 0.1) is 0 Å². The molecular formula is C17H19ClN2. The quantitative estimate of drug-likeness (QED) is 0.867. The van der Waals surface area contributed by atoms with E-state index in [-0.39, 0.29) is 0 Å². The first-order valence-corrected chi connectivity index (χ1v) is 7.42. The van der Waals surface area contributed by atoms with Crippen LogP contribution in [0.25, 0.3) is 0 Å². The summed E-state index contributed by atoms with van der Waals surface area (Å²) < 4.78 is 0. The van der Waals surface area contributed by atoms with Gasteiger partial charge in [0.2, 0.25) is 0 Å². The van der Waals surface area contributed by atoms with Crippen molar-refractivity contribution >= 4 is 17.3 Å². The predicted molar refractivity (Wildman–Crippen MR) is 84.9 cm³/mol. The standard InChI is InChI=1S/C17H19ClN2/c18-16-7-4-8-17(19)15(16)12-20-10-9-14(11-20)13-5-2-1-3-6-13/h1-8,14H,9-12,19H2. The monoisotopic (exact) mass is 286 g/mol. The molecule has 0 aromatic heterocycles. The van der Waals surface area contributed by atoms with Crippen molar-refractivity contribution < 1.29 is 0 Å². The molecule has 2 aromatic rings. The minimum atomic E-state index is 0.625. The van der Waals surface area contributed by atoms with Crippen LogP contribution in [0.4, 0.5) is 5.69 Å². The van der Waals surface area contributed by atoms with Crippen LogP contribution in [0.15, 0.2) is 48.5 Å². The van der Waals surface area contributed by atoms with Crippen LogP contribution in [-0.2, 0) is 6.54 Å². The fourth-order valence-electron chi connectivity index (χ4n) is 2.94. The van der Waals surface area contributed by atoms with E-state index in [1.165, 1.54) is 12.0 Å². The molecule has 1 saturated heterocycles. The molecule has 2 nitrogen and oxygen atoms in total. The number of halogens is 1. The Bertz CT molecular complexity index is 563. The summed E-state index contributed by atoms with van der Waals surface area (Å²) in [5, 5.41) is 0.771. The summed E-state index contributed by atoms with van der Waals surface area (Å²) in [6.07, 6.45) is 1.20. The van der Waals surface area contributed by atoms with E-state index >= 15 is 0 Å². The van der Waals surface area contributed by atoms with Gasteiger partial charge < -0.3 is 5.73 Å². The zero-order valence-electron chi connectivity index (χ0n) is 11.4. The number of hydrogen-bond acceptors (Lipinski definition) is 2. The molecule has 0 spiro atoms. The van der Waals surface area contributed by atoms with Crippen molar-refractivity contribution in [1.82, 2.24) is 4.90 Å². The van der Waals surface area contributed by atoms with Crippen LogP contribution in [0, 0.1) is 0 Å². The normalized spacial score (nSPS) is 19.4. The van der Waals surface area contributed by atoms with E-state index in [4.69, 9.17) is 17.3 Å². The molecule has 1 unspecified atom stereocenters. The van der Waals surface area contributed by atoms with Crippen LogP contribution in [0.2, 0.25) is 5.02 Å². The average molecular weight is 287 g/mol. The van der Waals surface area contributed by atoms with E-state index < -0.39 is 0 Å². The molecular weight excluding hydrogens is 268 g/mol. The van der Waals surface area contributed by atoms with Gasteiger partial charge in [-0.25, -0.2) is 0 Å². The van der Waals surface area contributed by atoms with E-state index in [1.54, 1.807) is 0 Å². The van der Waals surface area contributed by atoms with Gasteiger partial charge in [0.15, 0.2) is 0 Å². The minimum absolute atomic E-state index is 0.625. The largest absolute Gasteiger partial charge is 0.398 e. The molecule has 2 aromatic carbocycles. The highest BCUT2D eigenvalue weighted by atomic mass is 35.5. The molecule has 0 saturated carbocycles. The summed E-state index contributed by atoms with van der Waals surface area (Å²) in [5.74, 6) is 0.625. The zero-order valence-corrected chi connectivity index (χ0v) is 12.2. The number of nitrogen functional groups attached to an aromatic ring is 1. The maximum absolute atomic E-state index is 6.25. The van der Waals surface area contributed by atoms with Crippen molar-refractivity contribution in [2.75, 3.05) is 18.8 Å². The SMILES string of the molecule is Nc1cccc(Cl)c1CN1CCC(c2ccccc2)C1. The maximum Gasteiger partial charge on any atom is 0.0471 e. The van der Waals surface area contributed by atoms with Gasteiger partial charge in [0.25, 0.3) is 0 Å². The molecule has 104 valence electrons. The average Bonchev–Trinajstić information content (AvgIpc) is 2.93. The summed E-state index contributed by atoms with van der Waals surface area (Å²) in [5.41, 5.74) is 9.32. The van der Waals surface area contributed by atoms with E-state index in [9.17, 15) is 0 Å². The van der Waals surface area contributed by atoms with Crippen molar-refractivity contribution in [3.05, 3.63) is 64.7 Å². The van der Waals surface area contributed by atoms with Gasteiger partial charge >= 0.3 is 0 Å². The Balaban J connectivity index is 1.69. The Labute approximate surface area is 125 Å². The lowest BCUT2D eigenvalue weighted by molar-refractivity contribution is 0.327. The fraction of sp³-hybridized carbons (Fsp3) is 0.294. The summed E-state index contributed by atoms with van der Waals surface area (Å²) >= 11 is 6.25. The van der Waals surface area contributed by atoms with Crippen LogP contribution < -0.4 is 5.73 Å². The first kappa shape index (κ1) is 13.5. The lowest BCUT2D eigenvalue weighted by atomic mass is 9.99. The van der Waals surface area contributed by atoms with E-state index in [0.29, 0.717) is 5.92 Å². The van der Waals surface area contributed by atoms with Gasteiger partial charge in [-0.05, 0) is 36.6 Å². The molecule has 1 fully saturated rings. The maximum atomic E-state index is 6.25. The van der Waals surface area contributed by atoms with Gasteiger partial charge in [-0.15, -0.1) is 0 Å². The number of anilines is 1. The second-order valence-corrected chi connectivity index (χ2v) is 5.85. The van der Waals surface area contributed by atoms with Crippen LogP contribution in [0.5, 0.6) is 0 Å². The van der Waals surface area contributed by atoms with Crippen molar-refractivity contribution in [2.24, 2.45) is 0 Å². The molecule has 1 atom stereocenters. The molecule has 1 heterocycles. The van der Waals surface area contributed by atoms with E-state index in [0.717, 1.165) is 35.9 Å². The lowest BCUT2D eigenvalue weighted by Crippen LogP contribution is -2.20. The predicted octanol–water partition coefficient (Wildman–Crippen LogP) is 3.91. The number of likely N-dealkylation sites (tertiary alicyclic amines) is 1. The highest BCUT2D eigenvalue weighted by Gasteiger charge is 2.24. The van der Waals surface area contributed by atoms with Gasteiger partial charge in [-0.1, -0.05) is 48.0 Å². The van der Waals surface area contributed by atoms with Crippen LogP contribution in [-0.4, -0.2) is 18.0 Å². The molecule has 1 aliphatic heterocycles. The third-order valence-electron chi connectivity index (χ3n) is 4.08. The molecule has 20 heavy (non-hydrogen) atoms. The van der Waals surface area contributed by atoms with Crippen molar-refractivity contribution in [1.29, 1.82) is 0 Å². The summed E-state index contributed by atoms with van der Waals surface area (Å²) in [7, 11) is 0. The first-order valence-electron chi connectivity index (χ1n) is 7.04. The highest BCUT2D eigenvalue weighted by Crippen LogP contribution is 2.30. The minimum Gasteiger partial charge on any atom is -0.398 e. The molecule has 0 bridgehead atoms. The van der Waals surface area contributed by atoms with Crippen LogP contribution >= 0.6 is 11.6 Å². The van der Waals surface area contributed by atoms with Crippen LogP contribution in [0.3, 0.4) is 0 Å². The van der Waals surface area contributed by atoms with Gasteiger partial charge in [-0.2, -0.15) is 0 Å². The van der Waals surface area contributed by atoms with Crippen LogP contribution in [0.1, 0.15) is 23.5 Å². The zero-order chi connectivity index (χ0) is 13.9.